The third-order valence-electron chi connectivity index (χ3n) is 7.63. The molecule has 3 heterocycles. The molecule has 1 atom stereocenters. The highest BCUT2D eigenvalue weighted by molar-refractivity contribution is 5.75. The number of hydrogen-bond acceptors (Lipinski definition) is 6. The van der Waals surface area contributed by atoms with Crippen molar-refractivity contribution in [1.29, 1.82) is 0 Å². The molecule has 1 saturated heterocycles. The van der Waals surface area contributed by atoms with Gasteiger partial charge in [-0.1, -0.05) is 37.1 Å². The van der Waals surface area contributed by atoms with Crippen LogP contribution in [0.3, 0.4) is 0 Å². The van der Waals surface area contributed by atoms with Crippen LogP contribution in [0, 0.1) is 0 Å². The van der Waals surface area contributed by atoms with Gasteiger partial charge in [0, 0.05) is 55.4 Å². The topological polar surface area (TPSA) is 75.1 Å². The zero-order valence-corrected chi connectivity index (χ0v) is 20.6. The molecule has 5 rings (SSSR count). The summed E-state index contributed by atoms with van der Waals surface area (Å²) in [6, 6.07) is 12.6. The predicted octanol–water partition coefficient (Wildman–Crippen LogP) is 4.22. The number of hydrogen-bond donors (Lipinski definition) is 2. The lowest BCUT2D eigenvalue weighted by Gasteiger charge is -2.44. The molecule has 34 heavy (non-hydrogen) atoms. The molecule has 0 spiro atoms. The van der Waals surface area contributed by atoms with E-state index < -0.39 is 0 Å². The summed E-state index contributed by atoms with van der Waals surface area (Å²) in [4.78, 5) is 24.3. The lowest BCUT2D eigenvalue weighted by Crippen LogP contribution is -2.53. The Labute approximate surface area is 201 Å². The van der Waals surface area contributed by atoms with Crippen LogP contribution in [0.2, 0.25) is 0 Å². The van der Waals surface area contributed by atoms with Crippen LogP contribution in [0.5, 0.6) is 0 Å². The molecular formula is C27H36N6O. The van der Waals surface area contributed by atoms with Crippen molar-refractivity contribution < 1.29 is 0 Å². The Morgan fingerprint density at radius 3 is 2.38 bits per heavy atom. The highest BCUT2D eigenvalue weighted by Crippen LogP contribution is 2.44. The molecule has 3 aromatic rings. The summed E-state index contributed by atoms with van der Waals surface area (Å²) in [5, 5.41) is 7.80. The quantitative estimate of drug-likeness (QED) is 0.574. The largest absolute Gasteiger partial charge is 0.348 e. The first-order chi connectivity index (χ1) is 16.5. The van der Waals surface area contributed by atoms with Gasteiger partial charge in [-0.25, -0.2) is 4.98 Å². The molecule has 0 bridgehead atoms. The van der Waals surface area contributed by atoms with Crippen molar-refractivity contribution in [3.63, 3.8) is 0 Å². The van der Waals surface area contributed by atoms with E-state index in [9.17, 15) is 4.79 Å². The Balaban J connectivity index is 1.37. The number of pyridine rings is 1. The lowest BCUT2D eigenvalue weighted by atomic mass is 9.85. The second kappa shape index (κ2) is 9.47. The van der Waals surface area contributed by atoms with Gasteiger partial charge < -0.3 is 10.6 Å². The first-order valence-corrected chi connectivity index (χ1v) is 12.7. The second-order valence-corrected chi connectivity index (χ2v) is 10.1. The van der Waals surface area contributed by atoms with Crippen LogP contribution in [0.15, 0.2) is 47.4 Å². The van der Waals surface area contributed by atoms with Crippen molar-refractivity contribution in [2.45, 2.75) is 64.1 Å². The van der Waals surface area contributed by atoms with Gasteiger partial charge in [0.05, 0.1) is 6.04 Å². The van der Waals surface area contributed by atoms with E-state index >= 15 is 0 Å². The minimum atomic E-state index is -0.0406. The van der Waals surface area contributed by atoms with Gasteiger partial charge in [-0.15, -0.1) is 0 Å². The molecule has 2 aromatic heterocycles. The molecule has 2 fully saturated rings. The fraction of sp³-hybridized carbons (Fsp3) is 0.519. The summed E-state index contributed by atoms with van der Waals surface area (Å²) in [6.07, 6.45) is 6.91. The van der Waals surface area contributed by atoms with Crippen molar-refractivity contribution in [2.24, 2.45) is 0 Å². The van der Waals surface area contributed by atoms with Gasteiger partial charge in [-0.05, 0) is 50.8 Å². The number of fused-ring (bicyclic) bond motifs is 1. The summed E-state index contributed by atoms with van der Waals surface area (Å²) in [6.45, 7) is 10.5. The van der Waals surface area contributed by atoms with Gasteiger partial charge >= 0.3 is 0 Å². The van der Waals surface area contributed by atoms with Crippen molar-refractivity contribution in [3.05, 3.63) is 64.1 Å². The number of rotatable bonds is 6. The molecule has 1 aliphatic heterocycles. The normalized spacial score (nSPS) is 19.5. The standard InChI is InChI=1S/C27H36N6O/c1-19(2)33-24(34)11-8-22-18-29-26(31-25(22)33)30-20(3)21-6-9-23(10-7-21)27(12-4-5-13-27)32-16-14-28-15-17-32/h6-11,18-20,28H,4-5,12-17H2,1-3H3,(H,29,30,31)/t20-/m0/s1. The monoisotopic (exact) mass is 460 g/mol. The molecule has 1 saturated carbocycles. The minimum Gasteiger partial charge on any atom is -0.348 e. The first kappa shape index (κ1) is 23.0. The number of aromatic nitrogens is 3. The van der Waals surface area contributed by atoms with Gasteiger partial charge in [0.25, 0.3) is 5.56 Å². The van der Waals surface area contributed by atoms with E-state index in [1.165, 1.54) is 36.8 Å². The van der Waals surface area contributed by atoms with Gasteiger partial charge in [-0.3, -0.25) is 14.3 Å². The number of anilines is 1. The zero-order chi connectivity index (χ0) is 23.7. The third kappa shape index (κ3) is 4.23. The molecule has 2 N–H and O–H groups in total. The average molecular weight is 461 g/mol. The number of piperazine rings is 1. The Morgan fingerprint density at radius 1 is 1.00 bits per heavy atom. The van der Waals surface area contributed by atoms with Crippen molar-refractivity contribution in [1.82, 2.24) is 24.8 Å². The maximum absolute atomic E-state index is 12.4. The van der Waals surface area contributed by atoms with Gasteiger partial charge in [0.2, 0.25) is 5.95 Å². The van der Waals surface area contributed by atoms with Crippen LogP contribution in [0.4, 0.5) is 5.95 Å². The van der Waals surface area contributed by atoms with Crippen molar-refractivity contribution in [3.8, 4) is 0 Å². The summed E-state index contributed by atoms with van der Waals surface area (Å²) < 4.78 is 1.72. The number of nitrogens with zero attached hydrogens (tertiary/aromatic N) is 4. The molecule has 0 unspecified atom stereocenters. The third-order valence-corrected chi connectivity index (χ3v) is 7.63. The Morgan fingerprint density at radius 2 is 1.71 bits per heavy atom. The summed E-state index contributed by atoms with van der Waals surface area (Å²) in [5.41, 5.74) is 3.48. The van der Waals surface area contributed by atoms with Crippen LogP contribution in [-0.2, 0) is 5.54 Å². The van der Waals surface area contributed by atoms with Crippen LogP contribution in [-0.4, -0.2) is 45.6 Å². The van der Waals surface area contributed by atoms with E-state index in [1.807, 2.05) is 13.8 Å². The van der Waals surface area contributed by atoms with Crippen LogP contribution >= 0.6 is 0 Å². The number of nitrogens with one attached hydrogen (secondary N) is 2. The smallest absolute Gasteiger partial charge is 0.252 e. The Bertz CT molecular complexity index is 1190. The predicted molar refractivity (Wildman–Crippen MR) is 137 cm³/mol. The summed E-state index contributed by atoms with van der Waals surface area (Å²) in [5.74, 6) is 0.539. The molecule has 180 valence electrons. The molecule has 1 aliphatic carbocycles. The lowest BCUT2D eigenvalue weighted by molar-refractivity contribution is 0.0757. The van der Waals surface area contributed by atoms with E-state index in [0.29, 0.717) is 11.6 Å². The van der Waals surface area contributed by atoms with E-state index in [4.69, 9.17) is 4.98 Å². The van der Waals surface area contributed by atoms with Crippen LogP contribution in [0.1, 0.15) is 69.7 Å². The summed E-state index contributed by atoms with van der Waals surface area (Å²) >= 11 is 0. The van der Waals surface area contributed by atoms with E-state index in [2.05, 4.69) is 51.7 Å². The molecular weight excluding hydrogens is 424 g/mol. The molecule has 1 aromatic carbocycles. The van der Waals surface area contributed by atoms with Crippen LogP contribution < -0.4 is 16.2 Å². The van der Waals surface area contributed by atoms with E-state index in [-0.39, 0.29) is 23.2 Å². The number of benzene rings is 1. The van der Waals surface area contributed by atoms with E-state index in [0.717, 1.165) is 31.6 Å². The maximum Gasteiger partial charge on any atom is 0.252 e. The Kier molecular flexibility index (Phi) is 6.40. The fourth-order valence-corrected chi connectivity index (χ4v) is 5.81. The molecule has 0 radical (unpaired) electrons. The Hall–Kier alpha value is -2.77. The molecule has 7 heteroatoms. The van der Waals surface area contributed by atoms with Gasteiger partial charge in [-0.2, -0.15) is 4.98 Å². The molecule has 2 aliphatic rings. The average Bonchev–Trinajstić information content (AvgIpc) is 3.35. The van der Waals surface area contributed by atoms with Gasteiger partial charge in [0.1, 0.15) is 5.65 Å². The highest BCUT2D eigenvalue weighted by Gasteiger charge is 2.41. The maximum atomic E-state index is 12.4. The van der Waals surface area contributed by atoms with Crippen LogP contribution in [0.25, 0.3) is 11.0 Å². The first-order valence-electron chi connectivity index (χ1n) is 12.7. The zero-order valence-electron chi connectivity index (χ0n) is 20.6. The SMILES string of the molecule is CC(C)n1c(=O)ccc2cnc(N[C@@H](C)c3ccc(C4(N5CCNCC5)CCCC4)cc3)nc21. The highest BCUT2D eigenvalue weighted by atomic mass is 16.1. The summed E-state index contributed by atoms with van der Waals surface area (Å²) in [7, 11) is 0. The fourth-order valence-electron chi connectivity index (χ4n) is 5.81. The van der Waals surface area contributed by atoms with E-state index in [1.54, 1.807) is 22.9 Å². The molecule has 0 amide bonds. The van der Waals surface area contributed by atoms with Crippen molar-refractivity contribution >= 4 is 17.0 Å². The molecule has 7 nitrogen and oxygen atoms in total. The minimum absolute atomic E-state index is 0.0301. The van der Waals surface area contributed by atoms with Gasteiger partial charge in [0.15, 0.2) is 0 Å². The second-order valence-electron chi connectivity index (χ2n) is 10.1. The van der Waals surface area contributed by atoms with Crippen molar-refractivity contribution in [2.75, 3.05) is 31.5 Å².